The first-order valence-electron chi connectivity index (χ1n) is 4.89. The Morgan fingerprint density at radius 2 is 2.38 bits per heavy atom. The predicted octanol–water partition coefficient (Wildman–Crippen LogP) is 2.65. The van der Waals surface area contributed by atoms with Crippen molar-refractivity contribution in [1.29, 1.82) is 5.26 Å². The summed E-state index contributed by atoms with van der Waals surface area (Å²) in [5, 5.41) is 11.0. The van der Waals surface area contributed by atoms with Crippen LogP contribution in [0.25, 0.3) is 0 Å². The number of aromatic nitrogens is 1. The molecule has 0 fully saturated rings. The van der Waals surface area contributed by atoms with Gasteiger partial charge in [0, 0.05) is 18.1 Å². The van der Waals surface area contributed by atoms with Gasteiger partial charge in [-0.05, 0) is 17.5 Å². The van der Waals surface area contributed by atoms with Crippen LogP contribution in [0.1, 0.15) is 10.4 Å². The molecule has 0 saturated carbocycles. The highest BCUT2D eigenvalue weighted by molar-refractivity contribution is 7.09. The molecule has 3 nitrogen and oxygen atoms in total. The fourth-order valence-electron chi connectivity index (χ4n) is 1.51. The first-order chi connectivity index (χ1) is 7.81. The van der Waals surface area contributed by atoms with E-state index in [1.807, 2.05) is 18.0 Å². The number of hydrogen-bond acceptors (Lipinski definition) is 4. The van der Waals surface area contributed by atoms with Gasteiger partial charge >= 0.3 is 0 Å². The molecule has 0 atom stereocenters. The SMILES string of the molecule is CN(Cc1cccs1)c1cnccc1C#N. The van der Waals surface area contributed by atoms with E-state index in [0.29, 0.717) is 5.56 Å². The second-order valence-electron chi connectivity index (χ2n) is 3.44. The quantitative estimate of drug-likeness (QED) is 0.812. The topological polar surface area (TPSA) is 39.9 Å². The number of rotatable bonds is 3. The number of thiophene rings is 1. The molecule has 0 bridgehead atoms. The van der Waals surface area contributed by atoms with Crippen molar-refractivity contribution in [3.8, 4) is 6.07 Å². The van der Waals surface area contributed by atoms with Crippen molar-refractivity contribution in [2.24, 2.45) is 0 Å². The zero-order valence-electron chi connectivity index (χ0n) is 8.92. The van der Waals surface area contributed by atoms with Crippen molar-refractivity contribution < 1.29 is 0 Å². The Bertz CT molecular complexity index is 499. The summed E-state index contributed by atoms with van der Waals surface area (Å²) in [4.78, 5) is 7.37. The molecule has 0 unspecified atom stereocenters. The van der Waals surface area contributed by atoms with Crippen LogP contribution in [0.3, 0.4) is 0 Å². The van der Waals surface area contributed by atoms with E-state index in [4.69, 9.17) is 5.26 Å². The molecule has 16 heavy (non-hydrogen) atoms. The Balaban J connectivity index is 2.21. The maximum absolute atomic E-state index is 8.99. The van der Waals surface area contributed by atoms with Crippen LogP contribution in [-0.4, -0.2) is 12.0 Å². The molecule has 2 aromatic heterocycles. The molecule has 0 radical (unpaired) electrons. The fourth-order valence-corrected chi connectivity index (χ4v) is 2.26. The smallest absolute Gasteiger partial charge is 0.101 e. The third-order valence-electron chi connectivity index (χ3n) is 2.30. The Kier molecular flexibility index (Phi) is 3.18. The minimum Gasteiger partial charge on any atom is -0.367 e. The maximum Gasteiger partial charge on any atom is 0.101 e. The normalized spacial score (nSPS) is 9.75. The highest BCUT2D eigenvalue weighted by Crippen LogP contribution is 2.20. The Labute approximate surface area is 98.6 Å². The summed E-state index contributed by atoms with van der Waals surface area (Å²) in [5.74, 6) is 0. The monoisotopic (exact) mass is 229 g/mol. The molecular formula is C12H11N3S. The highest BCUT2D eigenvalue weighted by atomic mass is 32.1. The zero-order valence-corrected chi connectivity index (χ0v) is 9.74. The molecule has 4 heteroatoms. The van der Waals surface area contributed by atoms with E-state index in [1.165, 1.54) is 4.88 Å². The maximum atomic E-state index is 8.99. The summed E-state index contributed by atoms with van der Waals surface area (Å²) < 4.78 is 0. The van der Waals surface area contributed by atoms with Crippen LogP contribution in [0, 0.1) is 11.3 Å². The van der Waals surface area contributed by atoms with Gasteiger partial charge in [0.25, 0.3) is 0 Å². The summed E-state index contributed by atoms with van der Waals surface area (Å²) in [7, 11) is 1.97. The number of anilines is 1. The lowest BCUT2D eigenvalue weighted by Crippen LogP contribution is -2.16. The van der Waals surface area contributed by atoms with Crippen molar-refractivity contribution in [1.82, 2.24) is 4.98 Å². The largest absolute Gasteiger partial charge is 0.367 e. The van der Waals surface area contributed by atoms with Gasteiger partial charge in [0.2, 0.25) is 0 Å². The van der Waals surface area contributed by atoms with Gasteiger partial charge in [-0.3, -0.25) is 4.98 Å². The van der Waals surface area contributed by atoms with Gasteiger partial charge in [0.05, 0.1) is 24.0 Å². The third-order valence-corrected chi connectivity index (χ3v) is 3.17. The van der Waals surface area contributed by atoms with Gasteiger partial charge in [-0.1, -0.05) is 6.07 Å². The summed E-state index contributed by atoms with van der Waals surface area (Å²) in [6.07, 6.45) is 3.37. The van der Waals surface area contributed by atoms with E-state index in [2.05, 4.69) is 22.5 Å². The van der Waals surface area contributed by atoms with Gasteiger partial charge in [-0.2, -0.15) is 5.26 Å². The van der Waals surface area contributed by atoms with Crippen molar-refractivity contribution in [3.05, 3.63) is 46.4 Å². The molecule has 0 aromatic carbocycles. The van der Waals surface area contributed by atoms with Crippen LogP contribution >= 0.6 is 11.3 Å². The second kappa shape index (κ2) is 4.77. The van der Waals surface area contributed by atoms with Crippen LogP contribution in [0.4, 0.5) is 5.69 Å². The molecule has 2 aromatic rings. The first kappa shape index (κ1) is 10.7. The van der Waals surface area contributed by atoms with Crippen LogP contribution in [0.2, 0.25) is 0 Å². The standard InChI is InChI=1S/C12H11N3S/c1-15(9-11-3-2-6-16-11)12-8-14-5-4-10(12)7-13/h2-6,8H,9H2,1H3. The Morgan fingerprint density at radius 1 is 1.50 bits per heavy atom. The zero-order chi connectivity index (χ0) is 11.4. The Hall–Kier alpha value is -1.86. The van der Waals surface area contributed by atoms with Crippen molar-refractivity contribution in [2.45, 2.75) is 6.54 Å². The van der Waals surface area contributed by atoms with Gasteiger partial charge in [0.1, 0.15) is 6.07 Å². The lowest BCUT2D eigenvalue weighted by Gasteiger charge is -2.18. The number of nitrogens with zero attached hydrogens (tertiary/aromatic N) is 3. The molecule has 2 rings (SSSR count). The summed E-state index contributed by atoms with van der Waals surface area (Å²) >= 11 is 1.71. The molecule has 0 spiro atoms. The minimum absolute atomic E-state index is 0.661. The molecule has 0 aliphatic heterocycles. The molecule has 0 N–H and O–H groups in total. The van der Waals surface area contributed by atoms with E-state index in [9.17, 15) is 0 Å². The number of pyridine rings is 1. The molecule has 0 saturated heterocycles. The van der Waals surface area contributed by atoms with Crippen LogP contribution in [0.5, 0.6) is 0 Å². The summed E-state index contributed by atoms with van der Waals surface area (Å²) in [6, 6.07) is 8.03. The van der Waals surface area contributed by atoms with Crippen molar-refractivity contribution in [2.75, 3.05) is 11.9 Å². The molecule has 80 valence electrons. The molecule has 2 heterocycles. The van der Waals surface area contributed by atoms with E-state index in [-0.39, 0.29) is 0 Å². The molecule has 0 amide bonds. The van der Waals surface area contributed by atoms with Crippen molar-refractivity contribution >= 4 is 17.0 Å². The van der Waals surface area contributed by atoms with Gasteiger partial charge in [-0.15, -0.1) is 11.3 Å². The predicted molar refractivity (Wildman–Crippen MR) is 65.4 cm³/mol. The van der Waals surface area contributed by atoms with Crippen molar-refractivity contribution in [3.63, 3.8) is 0 Å². The highest BCUT2D eigenvalue weighted by Gasteiger charge is 2.07. The second-order valence-corrected chi connectivity index (χ2v) is 4.47. The van der Waals surface area contributed by atoms with Crippen LogP contribution in [-0.2, 0) is 6.54 Å². The van der Waals surface area contributed by atoms with Crippen LogP contribution in [0.15, 0.2) is 36.0 Å². The molecular weight excluding hydrogens is 218 g/mol. The minimum atomic E-state index is 0.661. The lowest BCUT2D eigenvalue weighted by molar-refractivity contribution is 0.931. The number of hydrogen-bond donors (Lipinski definition) is 0. The lowest BCUT2D eigenvalue weighted by atomic mass is 10.2. The average molecular weight is 229 g/mol. The Morgan fingerprint density at radius 3 is 3.06 bits per heavy atom. The van der Waals surface area contributed by atoms with Gasteiger partial charge in [-0.25, -0.2) is 0 Å². The van der Waals surface area contributed by atoms with E-state index < -0.39 is 0 Å². The van der Waals surface area contributed by atoms with E-state index in [1.54, 1.807) is 29.8 Å². The average Bonchev–Trinajstić information content (AvgIpc) is 2.81. The van der Waals surface area contributed by atoms with Crippen LogP contribution < -0.4 is 4.90 Å². The molecule has 0 aliphatic rings. The summed E-state index contributed by atoms with van der Waals surface area (Å²) in [5.41, 5.74) is 1.53. The number of nitriles is 1. The fraction of sp³-hybridized carbons (Fsp3) is 0.167. The third kappa shape index (κ3) is 2.20. The van der Waals surface area contributed by atoms with E-state index >= 15 is 0 Å². The first-order valence-corrected chi connectivity index (χ1v) is 5.77. The van der Waals surface area contributed by atoms with Gasteiger partial charge in [0.15, 0.2) is 0 Å². The molecule has 0 aliphatic carbocycles. The summed E-state index contributed by atoms with van der Waals surface area (Å²) in [6.45, 7) is 0.804. The van der Waals surface area contributed by atoms with E-state index in [0.717, 1.165) is 12.2 Å². The van der Waals surface area contributed by atoms with Gasteiger partial charge < -0.3 is 4.90 Å².